The molecule has 0 saturated heterocycles. The highest BCUT2D eigenvalue weighted by Crippen LogP contribution is 2.29. The fourth-order valence-corrected chi connectivity index (χ4v) is 3.60. The molecule has 8 heteroatoms. The maximum Gasteiger partial charge on any atom is 0.293 e. The monoisotopic (exact) mass is 344 g/mol. The Morgan fingerprint density at radius 3 is 2.88 bits per heavy atom. The molecule has 1 aromatic carbocycles. The van der Waals surface area contributed by atoms with Crippen LogP contribution in [0.25, 0.3) is 10.9 Å². The molecule has 3 rings (SSSR count). The number of aromatic nitrogens is 2. The summed E-state index contributed by atoms with van der Waals surface area (Å²) in [5, 5.41) is 14.7. The van der Waals surface area contributed by atoms with Crippen LogP contribution in [-0.2, 0) is 6.42 Å². The molecule has 0 spiro atoms. The molecule has 2 heterocycles. The van der Waals surface area contributed by atoms with E-state index in [0.29, 0.717) is 11.2 Å². The molecule has 0 bridgehead atoms. The Morgan fingerprint density at radius 1 is 1.42 bits per heavy atom. The highest BCUT2D eigenvalue weighted by Gasteiger charge is 2.19. The maximum atomic E-state index is 11.8. The minimum Gasteiger partial charge on any atom is -0.377 e. The molecule has 1 atom stereocenters. The van der Waals surface area contributed by atoms with Crippen molar-refractivity contribution < 1.29 is 4.92 Å². The van der Waals surface area contributed by atoms with Gasteiger partial charge in [-0.25, -0.2) is 4.98 Å². The van der Waals surface area contributed by atoms with Gasteiger partial charge in [0.15, 0.2) is 0 Å². The van der Waals surface area contributed by atoms with E-state index in [-0.39, 0.29) is 17.1 Å². The molecule has 0 amide bonds. The number of hydrogen-bond donors (Lipinski definition) is 2. The average Bonchev–Trinajstić information content (AvgIpc) is 2.91. The first-order valence-electron chi connectivity index (χ1n) is 7.41. The van der Waals surface area contributed by atoms with E-state index in [0.717, 1.165) is 6.42 Å². The first kappa shape index (κ1) is 16.1. The van der Waals surface area contributed by atoms with Crippen molar-refractivity contribution in [3.63, 3.8) is 0 Å². The molecule has 1 unspecified atom stereocenters. The van der Waals surface area contributed by atoms with Gasteiger partial charge < -0.3 is 10.3 Å². The van der Waals surface area contributed by atoms with E-state index in [1.807, 2.05) is 13.8 Å². The minimum absolute atomic E-state index is 0.00111. The van der Waals surface area contributed by atoms with Crippen molar-refractivity contribution in [2.75, 3.05) is 5.32 Å². The molecule has 0 aliphatic rings. The van der Waals surface area contributed by atoms with Crippen LogP contribution in [0.3, 0.4) is 0 Å². The topological polar surface area (TPSA) is 101 Å². The first-order valence-corrected chi connectivity index (χ1v) is 8.23. The highest BCUT2D eigenvalue weighted by atomic mass is 32.1. The third-order valence-electron chi connectivity index (χ3n) is 3.66. The Morgan fingerprint density at radius 2 is 2.21 bits per heavy atom. The Kier molecular flexibility index (Phi) is 4.30. The summed E-state index contributed by atoms with van der Waals surface area (Å²) in [6.45, 7) is 4.01. The third-order valence-corrected chi connectivity index (χ3v) is 4.68. The van der Waals surface area contributed by atoms with Crippen molar-refractivity contribution in [1.82, 2.24) is 9.97 Å². The standard InChI is InChI=1S/C16H16N4O3S/c1-9(5-11-4-3-10(2)24-11)19-14-7-13-12(6-15(14)20(22)23)16(21)18-8-17-13/h3-4,6-9,19H,5H2,1-2H3,(H,17,18,21). The summed E-state index contributed by atoms with van der Waals surface area (Å²) in [7, 11) is 0. The van der Waals surface area contributed by atoms with Crippen LogP contribution >= 0.6 is 11.3 Å². The number of rotatable bonds is 5. The van der Waals surface area contributed by atoms with Crippen molar-refractivity contribution >= 4 is 33.6 Å². The lowest BCUT2D eigenvalue weighted by Crippen LogP contribution is -2.18. The zero-order valence-corrected chi connectivity index (χ0v) is 14.0. The van der Waals surface area contributed by atoms with Gasteiger partial charge in [0, 0.05) is 28.3 Å². The summed E-state index contributed by atoms with van der Waals surface area (Å²) >= 11 is 1.71. The lowest BCUT2D eigenvalue weighted by Gasteiger charge is -2.15. The van der Waals surface area contributed by atoms with Gasteiger partial charge in [0.05, 0.1) is 22.2 Å². The molecule has 0 saturated carbocycles. The van der Waals surface area contributed by atoms with E-state index in [1.54, 1.807) is 17.4 Å². The summed E-state index contributed by atoms with van der Waals surface area (Å²) in [6, 6.07) is 6.95. The van der Waals surface area contributed by atoms with Gasteiger partial charge in [0.25, 0.3) is 11.2 Å². The van der Waals surface area contributed by atoms with Gasteiger partial charge in [0.1, 0.15) is 5.69 Å². The average molecular weight is 344 g/mol. The second-order valence-corrected chi connectivity index (χ2v) is 7.01. The summed E-state index contributed by atoms with van der Waals surface area (Å²) < 4.78 is 0. The Bertz CT molecular complexity index is 963. The molecule has 0 aliphatic heterocycles. The number of nitrogens with zero attached hydrogens (tertiary/aromatic N) is 2. The Labute approximate surface area is 141 Å². The zero-order valence-electron chi connectivity index (χ0n) is 13.2. The van der Waals surface area contributed by atoms with E-state index < -0.39 is 10.5 Å². The molecule has 2 N–H and O–H groups in total. The van der Waals surface area contributed by atoms with E-state index in [2.05, 4.69) is 27.4 Å². The fraction of sp³-hybridized carbons (Fsp3) is 0.250. The first-order chi connectivity index (χ1) is 11.4. The number of fused-ring (bicyclic) bond motifs is 1. The number of aromatic amines is 1. The quantitative estimate of drug-likeness (QED) is 0.546. The molecular weight excluding hydrogens is 328 g/mol. The molecule has 24 heavy (non-hydrogen) atoms. The van der Waals surface area contributed by atoms with E-state index in [4.69, 9.17) is 0 Å². The van der Waals surface area contributed by atoms with Crippen LogP contribution < -0.4 is 10.9 Å². The lowest BCUT2D eigenvalue weighted by atomic mass is 10.1. The fourth-order valence-electron chi connectivity index (χ4n) is 2.58. The summed E-state index contributed by atoms with van der Waals surface area (Å²) in [4.78, 5) is 31.6. The number of benzene rings is 1. The van der Waals surface area contributed by atoms with E-state index in [1.165, 1.54) is 22.1 Å². The van der Waals surface area contributed by atoms with Crippen LogP contribution in [0.15, 0.2) is 35.4 Å². The van der Waals surface area contributed by atoms with Gasteiger partial charge in [-0.15, -0.1) is 11.3 Å². The molecular formula is C16H16N4O3S. The van der Waals surface area contributed by atoms with Gasteiger partial charge in [0.2, 0.25) is 0 Å². The number of hydrogen-bond acceptors (Lipinski definition) is 6. The van der Waals surface area contributed by atoms with E-state index in [9.17, 15) is 14.9 Å². The second-order valence-electron chi connectivity index (χ2n) is 5.64. The van der Waals surface area contributed by atoms with Gasteiger partial charge in [-0.3, -0.25) is 14.9 Å². The van der Waals surface area contributed by atoms with Gasteiger partial charge >= 0.3 is 0 Å². The Hall–Kier alpha value is -2.74. The number of anilines is 1. The number of nitro benzene ring substituents is 1. The van der Waals surface area contributed by atoms with Crippen molar-refractivity contribution in [3.8, 4) is 0 Å². The third kappa shape index (κ3) is 3.28. The number of H-pyrrole nitrogens is 1. The number of thiophene rings is 1. The Balaban J connectivity index is 1.93. The maximum absolute atomic E-state index is 11.8. The normalized spacial score (nSPS) is 12.2. The van der Waals surface area contributed by atoms with Gasteiger partial charge in [-0.1, -0.05) is 0 Å². The predicted molar refractivity (Wildman–Crippen MR) is 94.9 cm³/mol. The second kappa shape index (κ2) is 6.40. The van der Waals surface area contributed by atoms with Crippen LogP contribution in [-0.4, -0.2) is 20.9 Å². The van der Waals surface area contributed by atoms with Crippen molar-refractivity contribution in [1.29, 1.82) is 0 Å². The lowest BCUT2D eigenvalue weighted by molar-refractivity contribution is -0.383. The van der Waals surface area contributed by atoms with Crippen molar-refractivity contribution in [3.05, 3.63) is 60.8 Å². The largest absolute Gasteiger partial charge is 0.377 e. The molecule has 3 aromatic rings. The summed E-state index contributed by atoms with van der Waals surface area (Å²) in [5.41, 5.74) is 0.268. The molecule has 124 valence electrons. The zero-order chi connectivity index (χ0) is 17.3. The number of aryl methyl sites for hydroxylation is 1. The smallest absolute Gasteiger partial charge is 0.293 e. The van der Waals surface area contributed by atoms with Crippen LogP contribution in [0.1, 0.15) is 16.7 Å². The van der Waals surface area contributed by atoms with Crippen LogP contribution in [0.5, 0.6) is 0 Å². The molecule has 0 aliphatic carbocycles. The molecule has 0 fully saturated rings. The van der Waals surface area contributed by atoms with Crippen LogP contribution in [0.4, 0.5) is 11.4 Å². The summed E-state index contributed by atoms with van der Waals surface area (Å²) in [5.74, 6) is 0. The SMILES string of the molecule is Cc1ccc(CC(C)Nc2cc3nc[nH]c(=O)c3cc2[N+](=O)[O-])s1. The van der Waals surface area contributed by atoms with E-state index >= 15 is 0 Å². The molecule has 2 aromatic heterocycles. The number of nitro groups is 1. The molecule has 7 nitrogen and oxygen atoms in total. The predicted octanol–water partition coefficient (Wildman–Crippen LogP) is 3.24. The summed E-state index contributed by atoms with van der Waals surface area (Å²) in [6.07, 6.45) is 2.05. The van der Waals surface area contributed by atoms with Crippen molar-refractivity contribution in [2.45, 2.75) is 26.3 Å². The van der Waals surface area contributed by atoms with Gasteiger partial charge in [-0.2, -0.15) is 0 Å². The highest BCUT2D eigenvalue weighted by molar-refractivity contribution is 7.11. The van der Waals surface area contributed by atoms with Gasteiger partial charge in [-0.05, 0) is 32.0 Å². The van der Waals surface area contributed by atoms with Crippen LogP contribution in [0.2, 0.25) is 0 Å². The van der Waals surface area contributed by atoms with Crippen LogP contribution in [0, 0.1) is 17.0 Å². The number of nitrogens with one attached hydrogen (secondary N) is 2. The molecule has 0 radical (unpaired) electrons. The minimum atomic E-state index is -0.490. The van der Waals surface area contributed by atoms with Crippen molar-refractivity contribution in [2.24, 2.45) is 0 Å².